The summed E-state index contributed by atoms with van der Waals surface area (Å²) in [6.07, 6.45) is -5.56. The third-order valence-corrected chi connectivity index (χ3v) is 5.57. The number of aromatic nitrogens is 3. The lowest BCUT2D eigenvalue weighted by molar-refractivity contribution is -0.136. The molecule has 1 amide bonds. The molecule has 1 unspecified atom stereocenters. The first-order valence-corrected chi connectivity index (χ1v) is 11.0. The van der Waals surface area contributed by atoms with Gasteiger partial charge >= 0.3 is 11.9 Å². The molecular weight excluding hydrogens is 496 g/mol. The summed E-state index contributed by atoms with van der Waals surface area (Å²) in [5.74, 6) is -0.639. The van der Waals surface area contributed by atoms with E-state index in [1.807, 2.05) is 0 Å². The molecule has 182 valence electrons. The van der Waals surface area contributed by atoms with Crippen molar-refractivity contribution in [3.8, 4) is 11.4 Å². The number of carbonyl (C=O) groups is 1. The van der Waals surface area contributed by atoms with Gasteiger partial charge in [0.15, 0.2) is 5.82 Å². The minimum absolute atomic E-state index is 0.0169. The quantitative estimate of drug-likeness (QED) is 0.445. The molecule has 2 N–H and O–H groups in total. The third-order valence-electron chi connectivity index (χ3n) is 4.97. The Kier molecular flexibility index (Phi) is 8.40. The summed E-state index contributed by atoms with van der Waals surface area (Å²) in [6, 6.07) is 12.2. The number of aliphatic hydroxyl groups is 1. The van der Waals surface area contributed by atoms with Crippen LogP contribution in [0.1, 0.15) is 24.4 Å². The Labute approximate surface area is 202 Å². The Morgan fingerprint density at radius 1 is 1.12 bits per heavy atom. The van der Waals surface area contributed by atoms with Crippen LogP contribution in [0.5, 0.6) is 0 Å². The van der Waals surface area contributed by atoms with E-state index in [0.29, 0.717) is 21.2 Å². The second-order valence-electron chi connectivity index (χ2n) is 7.44. The molecule has 0 aliphatic carbocycles. The molecule has 0 saturated carbocycles. The first kappa shape index (κ1) is 25.8. The summed E-state index contributed by atoms with van der Waals surface area (Å²) in [6.45, 7) is -1.43. The van der Waals surface area contributed by atoms with Crippen LogP contribution in [0, 0.1) is 0 Å². The second-order valence-corrected chi connectivity index (χ2v) is 8.29. The molecule has 1 aromatic heterocycles. The van der Waals surface area contributed by atoms with Gasteiger partial charge in [0.05, 0.1) is 12.5 Å². The van der Waals surface area contributed by atoms with Crippen molar-refractivity contribution < 1.29 is 23.1 Å². The molecule has 0 radical (unpaired) electrons. The van der Waals surface area contributed by atoms with Crippen molar-refractivity contribution in [3.05, 3.63) is 74.6 Å². The molecule has 1 heterocycles. The largest absolute Gasteiger partial charge is 0.396 e. The second kappa shape index (κ2) is 11.1. The van der Waals surface area contributed by atoms with Crippen molar-refractivity contribution in [2.75, 3.05) is 6.61 Å². The van der Waals surface area contributed by atoms with Gasteiger partial charge < -0.3 is 10.4 Å². The van der Waals surface area contributed by atoms with Crippen molar-refractivity contribution in [1.29, 1.82) is 0 Å². The van der Waals surface area contributed by atoms with Crippen LogP contribution in [0.15, 0.2) is 53.3 Å². The zero-order valence-electron chi connectivity index (χ0n) is 17.7. The fourth-order valence-corrected chi connectivity index (χ4v) is 3.76. The smallest absolute Gasteiger partial charge is 0.390 e. The minimum atomic E-state index is -4.48. The number of amides is 1. The molecule has 34 heavy (non-hydrogen) atoms. The van der Waals surface area contributed by atoms with Crippen LogP contribution in [0.2, 0.25) is 10.0 Å². The van der Waals surface area contributed by atoms with Crippen LogP contribution in [-0.2, 0) is 17.9 Å². The zero-order valence-corrected chi connectivity index (χ0v) is 19.2. The number of nitrogens with zero attached hydrogens (tertiary/aromatic N) is 3. The molecular formula is C22H21Cl2F3N4O3. The van der Waals surface area contributed by atoms with Gasteiger partial charge in [-0.2, -0.15) is 13.2 Å². The standard InChI is InChI=1S/C22H21Cl2F3N4O3/c23-15-7-5-14(6-8-15)20-29-31(21(34)30(20)11-10-22(25,26)27)13-19(33)28-18(9-12-32)16-3-1-2-4-17(16)24/h1-8,18,32H,9-13H2,(H,28,33). The molecule has 0 saturated heterocycles. The Morgan fingerprint density at radius 2 is 1.79 bits per heavy atom. The van der Waals surface area contributed by atoms with E-state index in [-0.39, 0.29) is 18.9 Å². The van der Waals surface area contributed by atoms with Gasteiger partial charge in [0.25, 0.3) is 0 Å². The summed E-state index contributed by atoms with van der Waals surface area (Å²) in [5, 5.41) is 17.0. The Hall–Kier alpha value is -2.82. The molecule has 1 atom stereocenters. The normalized spacial score (nSPS) is 12.5. The number of halogens is 5. The molecule has 0 bridgehead atoms. The maximum Gasteiger partial charge on any atom is 0.390 e. The number of hydrogen-bond donors (Lipinski definition) is 2. The fourth-order valence-electron chi connectivity index (χ4n) is 3.36. The Balaban J connectivity index is 1.88. The van der Waals surface area contributed by atoms with E-state index < -0.39 is 43.3 Å². The summed E-state index contributed by atoms with van der Waals surface area (Å²) in [5.41, 5.74) is 0.0920. The number of benzene rings is 2. The van der Waals surface area contributed by atoms with Gasteiger partial charge in [0.1, 0.15) is 6.54 Å². The minimum Gasteiger partial charge on any atom is -0.396 e. The van der Waals surface area contributed by atoms with Crippen LogP contribution >= 0.6 is 23.2 Å². The highest BCUT2D eigenvalue weighted by atomic mass is 35.5. The van der Waals surface area contributed by atoms with Gasteiger partial charge in [-0.25, -0.2) is 9.48 Å². The van der Waals surface area contributed by atoms with Crippen molar-refractivity contribution in [3.63, 3.8) is 0 Å². The van der Waals surface area contributed by atoms with E-state index in [4.69, 9.17) is 23.2 Å². The van der Waals surface area contributed by atoms with Gasteiger partial charge in [-0.1, -0.05) is 41.4 Å². The van der Waals surface area contributed by atoms with Crippen molar-refractivity contribution in [2.45, 2.75) is 38.1 Å². The van der Waals surface area contributed by atoms with E-state index in [2.05, 4.69) is 10.4 Å². The highest BCUT2D eigenvalue weighted by Gasteiger charge is 2.29. The number of aliphatic hydroxyl groups excluding tert-OH is 1. The predicted octanol–water partition coefficient (Wildman–Crippen LogP) is 4.21. The zero-order chi connectivity index (χ0) is 24.9. The van der Waals surface area contributed by atoms with Gasteiger partial charge in [0.2, 0.25) is 5.91 Å². The molecule has 0 spiro atoms. The third kappa shape index (κ3) is 6.62. The van der Waals surface area contributed by atoms with E-state index >= 15 is 0 Å². The van der Waals surface area contributed by atoms with E-state index in [0.717, 1.165) is 9.25 Å². The Morgan fingerprint density at radius 3 is 2.41 bits per heavy atom. The van der Waals surface area contributed by atoms with E-state index in [1.54, 1.807) is 24.3 Å². The van der Waals surface area contributed by atoms with Gasteiger partial charge in [-0.05, 0) is 42.3 Å². The molecule has 2 aromatic carbocycles. The number of alkyl halides is 3. The molecule has 0 aliphatic rings. The molecule has 0 fully saturated rings. The maximum absolute atomic E-state index is 12.8. The lowest BCUT2D eigenvalue weighted by atomic mass is 10.0. The average Bonchev–Trinajstić information content (AvgIpc) is 3.07. The highest BCUT2D eigenvalue weighted by molar-refractivity contribution is 6.31. The summed E-state index contributed by atoms with van der Waals surface area (Å²) < 4.78 is 40.2. The number of hydrogen-bond acceptors (Lipinski definition) is 4. The van der Waals surface area contributed by atoms with Crippen molar-refractivity contribution in [1.82, 2.24) is 19.7 Å². The molecule has 3 rings (SSSR count). The summed E-state index contributed by atoms with van der Waals surface area (Å²) in [4.78, 5) is 25.6. The van der Waals surface area contributed by atoms with Gasteiger partial charge in [0, 0.05) is 28.8 Å². The molecule has 0 aliphatic heterocycles. The van der Waals surface area contributed by atoms with Crippen LogP contribution in [0.3, 0.4) is 0 Å². The molecule has 7 nitrogen and oxygen atoms in total. The van der Waals surface area contributed by atoms with Crippen LogP contribution < -0.4 is 11.0 Å². The van der Waals surface area contributed by atoms with Crippen LogP contribution in [0.25, 0.3) is 11.4 Å². The lowest BCUT2D eigenvalue weighted by Crippen LogP contribution is -2.36. The van der Waals surface area contributed by atoms with E-state index in [1.165, 1.54) is 24.3 Å². The number of carbonyl (C=O) groups excluding carboxylic acids is 1. The summed E-state index contributed by atoms with van der Waals surface area (Å²) >= 11 is 12.1. The van der Waals surface area contributed by atoms with Crippen molar-refractivity contribution >= 4 is 29.1 Å². The number of rotatable bonds is 9. The Bertz CT molecular complexity index is 1190. The van der Waals surface area contributed by atoms with Crippen LogP contribution in [0.4, 0.5) is 13.2 Å². The number of nitrogens with one attached hydrogen (secondary N) is 1. The predicted molar refractivity (Wildman–Crippen MR) is 122 cm³/mol. The molecule has 3 aromatic rings. The first-order valence-electron chi connectivity index (χ1n) is 10.2. The monoisotopic (exact) mass is 516 g/mol. The fraction of sp³-hybridized carbons (Fsp3) is 0.318. The average molecular weight is 517 g/mol. The molecule has 12 heteroatoms. The van der Waals surface area contributed by atoms with E-state index in [9.17, 15) is 27.9 Å². The maximum atomic E-state index is 12.8. The first-order chi connectivity index (χ1) is 16.1. The van der Waals surface area contributed by atoms with Gasteiger partial charge in [-0.3, -0.25) is 9.36 Å². The summed E-state index contributed by atoms with van der Waals surface area (Å²) in [7, 11) is 0. The van der Waals surface area contributed by atoms with Crippen molar-refractivity contribution in [2.24, 2.45) is 0 Å². The SMILES string of the molecule is O=C(Cn1nc(-c2ccc(Cl)cc2)n(CCC(F)(F)F)c1=O)NC(CCO)c1ccccc1Cl. The highest BCUT2D eigenvalue weighted by Crippen LogP contribution is 2.25. The topological polar surface area (TPSA) is 89.2 Å². The van der Waals surface area contributed by atoms with Gasteiger partial charge in [-0.15, -0.1) is 5.10 Å². The van der Waals surface area contributed by atoms with Crippen LogP contribution in [-0.4, -0.2) is 38.1 Å². The lowest BCUT2D eigenvalue weighted by Gasteiger charge is -2.19.